The maximum Gasteiger partial charge on any atom is 0.200 e. The number of ether oxygens (including phenoxy) is 2. The number of halogens is 1. The van der Waals surface area contributed by atoms with Gasteiger partial charge >= 0.3 is 0 Å². The van der Waals surface area contributed by atoms with Crippen molar-refractivity contribution in [2.75, 3.05) is 13.7 Å². The number of hydrogen-bond acceptors (Lipinski definition) is 3. The van der Waals surface area contributed by atoms with E-state index in [1.807, 2.05) is 6.92 Å². The number of nitrogens with zero attached hydrogens (tertiary/aromatic N) is 1. The minimum absolute atomic E-state index is 0.0458. The normalized spacial score (nSPS) is 10.9. The van der Waals surface area contributed by atoms with Crippen molar-refractivity contribution in [2.24, 2.45) is 7.05 Å². The molecule has 0 N–H and O–H groups in total. The van der Waals surface area contributed by atoms with E-state index in [0.717, 1.165) is 6.42 Å². The molecule has 3 aromatic rings. The molecule has 25 heavy (non-hydrogen) atoms. The maximum atomic E-state index is 14.5. The summed E-state index contributed by atoms with van der Waals surface area (Å²) in [5, 5.41) is 0.0458. The standard InChI is InChI=1S/C20H20FNO3/c1-4-11-25-17-10-9-16(21)18-19(17)22(2)12-15(20(18)23)13-5-7-14(24-3)8-6-13/h5-10,12H,4,11H2,1-3H3. The summed E-state index contributed by atoms with van der Waals surface area (Å²) in [4.78, 5) is 12.9. The van der Waals surface area contributed by atoms with E-state index in [-0.39, 0.29) is 10.8 Å². The SMILES string of the molecule is CCCOc1ccc(F)c2c(=O)c(-c3ccc(OC)cc3)cn(C)c12. The van der Waals surface area contributed by atoms with Crippen molar-refractivity contribution >= 4 is 10.9 Å². The first-order chi connectivity index (χ1) is 12.1. The smallest absolute Gasteiger partial charge is 0.200 e. The summed E-state index contributed by atoms with van der Waals surface area (Å²) in [6, 6.07) is 9.98. The van der Waals surface area contributed by atoms with Crippen LogP contribution in [-0.2, 0) is 7.05 Å². The molecule has 3 rings (SSSR count). The Morgan fingerprint density at radius 1 is 1.12 bits per heavy atom. The average molecular weight is 341 g/mol. The van der Waals surface area contributed by atoms with Gasteiger partial charge in [0, 0.05) is 18.8 Å². The van der Waals surface area contributed by atoms with Crippen LogP contribution in [0.3, 0.4) is 0 Å². The lowest BCUT2D eigenvalue weighted by atomic mass is 10.0. The van der Waals surface area contributed by atoms with E-state index in [1.165, 1.54) is 6.07 Å². The molecule has 5 heteroatoms. The minimum Gasteiger partial charge on any atom is -0.497 e. The van der Waals surface area contributed by atoms with E-state index in [2.05, 4.69) is 0 Å². The zero-order valence-electron chi connectivity index (χ0n) is 14.5. The van der Waals surface area contributed by atoms with E-state index < -0.39 is 5.82 Å². The topological polar surface area (TPSA) is 40.5 Å². The first-order valence-corrected chi connectivity index (χ1v) is 8.16. The summed E-state index contributed by atoms with van der Waals surface area (Å²) in [5.74, 6) is 0.664. The van der Waals surface area contributed by atoms with Crippen LogP contribution >= 0.6 is 0 Å². The lowest BCUT2D eigenvalue weighted by Crippen LogP contribution is -2.13. The van der Waals surface area contributed by atoms with E-state index in [0.29, 0.717) is 34.7 Å². The molecule has 0 radical (unpaired) electrons. The van der Waals surface area contributed by atoms with Crippen LogP contribution in [0.15, 0.2) is 47.4 Å². The molecule has 0 saturated carbocycles. The molecule has 130 valence electrons. The lowest BCUT2D eigenvalue weighted by molar-refractivity contribution is 0.319. The van der Waals surface area contributed by atoms with Crippen LogP contribution < -0.4 is 14.9 Å². The molecule has 0 amide bonds. The summed E-state index contributed by atoms with van der Waals surface area (Å²) in [6.07, 6.45) is 2.54. The van der Waals surface area contributed by atoms with Gasteiger partial charge in [-0.15, -0.1) is 0 Å². The Morgan fingerprint density at radius 3 is 2.48 bits per heavy atom. The quantitative estimate of drug-likeness (QED) is 0.700. The molecule has 4 nitrogen and oxygen atoms in total. The average Bonchev–Trinajstić information content (AvgIpc) is 2.63. The van der Waals surface area contributed by atoms with Gasteiger partial charge in [0.05, 0.1) is 24.6 Å². The molecular weight excluding hydrogens is 321 g/mol. The van der Waals surface area contributed by atoms with Crippen LogP contribution in [0.2, 0.25) is 0 Å². The first-order valence-electron chi connectivity index (χ1n) is 8.16. The van der Waals surface area contributed by atoms with Gasteiger partial charge in [-0.05, 0) is 36.2 Å². The van der Waals surface area contributed by atoms with Gasteiger partial charge in [0.15, 0.2) is 5.43 Å². The van der Waals surface area contributed by atoms with Gasteiger partial charge in [-0.1, -0.05) is 19.1 Å². The fourth-order valence-electron chi connectivity index (χ4n) is 2.87. The molecule has 1 aromatic heterocycles. The van der Waals surface area contributed by atoms with Gasteiger partial charge in [0.1, 0.15) is 17.3 Å². The third-order valence-electron chi connectivity index (χ3n) is 4.10. The summed E-state index contributed by atoms with van der Waals surface area (Å²) >= 11 is 0. The fourth-order valence-corrected chi connectivity index (χ4v) is 2.87. The number of hydrogen-bond donors (Lipinski definition) is 0. The van der Waals surface area contributed by atoms with Crippen LogP contribution in [0.25, 0.3) is 22.0 Å². The third-order valence-corrected chi connectivity index (χ3v) is 4.10. The van der Waals surface area contributed by atoms with Crippen molar-refractivity contribution < 1.29 is 13.9 Å². The number of pyridine rings is 1. The second-order valence-corrected chi connectivity index (χ2v) is 5.83. The Kier molecular flexibility index (Phi) is 4.74. The van der Waals surface area contributed by atoms with Crippen LogP contribution in [0.4, 0.5) is 4.39 Å². The van der Waals surface area contributed by atoms with Crippen LogP contribution in [0.5, 0.6) is 11.5 Å². The highest BCUT2D eigenvalue weighted by Gasteiger charge is 2.17. The van der Waals surface area contributed by atoms with E-state index in [4.69, 9.17) is 9.47 Å². The van der Waals surface area contributed by atoms with Crippen molar-refractivity contribution in [1.82, 2.24) is 4.57 Å². The molecule has 0 saturated heterocycles. The second kappa shape index (κ2) is 6.97. The van der Waals surface area contributed by atoms with E-state index in [9.17, 15) is 9.18 Å². The molecular formula is C20H20FNO3. The van der Waals surface area contributed by atoms with Gasteiger partial charge in [-0.25, -0.2) is 4.39 Å². The molecule has 2 aromatic carbocycles. The predicted molar refractivity (Wildman–Crippen MR) is 96.9 cm³/mol. The summed E-state index contributed by atoms with van der Waals surface area (Å²) in [7, 11) is 3.37. The van der Waals surface area contributed by atoms with Gasteiger partial charge in [-0.3, -0.25) is 4.79 Å². The molecule has 1 heterocycles. The van der Waals surface area contributed by atoms with Gasteiger partial charge in [0.25, 0.3) is 0 Å². The summed E-state index contributed by atoms with van der Waals surface area (Å²) < 4.78 is 27.0. The Hall–Kier alpha value is -2.82. The Bertz CT molecular complexity index is 961. The molecule has 0 aliphatic heterocycles. The van der Waals surface area contributed by atoms with Gasteiger partial charge < -0.3 is 14.0 Å². The predicted octanol–water partition coefficient (Wildman–Crippen LogP) is 4.14. The second-order valence-electron chi connectivity index (χ2n) is 5.83. The van der Waals surface area contributed by atoms with Crippen molar-refractivity contribution in [3.63, 3.8) is 0 Å². The van der Waals surface area contributed by atoms with Crippen LogP contribution in [0.1, 0.15) is 13.3 Å². The zero-order chi connectivity index (χ0) is 18.0. The number of rotatable bonds is 5. The summed E-state index contributed by atoms with van der Waals surface area (Å²) in [5.41, 5.74) is 1.26. The van der Waals surface area contributed by atoms with Crippen molar-refractivity contribution in [3.05, 3.63) is 58.6 Å². The van der Waals surface area contributed by atoms with E-state index >= 15 is 0 Å². The molecule has 0 unspecified atom stereocenters. The molecule has 0 spiro atoms. The van der Waals surface area contributed by atoms with Crippen molar-refractivity contribution in [2.45, 2.75) is 13.3 Å². The van der Waals surface area contributed by atoms with Crippen LogP contribution in [-0.4, -0.2) is 18.3 Å². The fraction of sp³-hybridized carbons (Fsp3) is 0.250. The highest BCUT2D eigenvalue weighted by Crippen LogP contribution is 2.29. The number of aryl methyl sites for hydroxylation is 1. The number of methoxy groups -OCH3 is 1. The Morgan fingerprint density at radius 2 is 1.84 bits per heavy atom. The van der Waals surface area contributed by atoms with Gasteiger partial charge in [0.2, 0.25) is 0 Å². The van der Waals surface area contributed by atoms with E-state index in [1.54, 1.807) is 55.3 Å². The Balaban J connectivity index is 2.24. The third kappa shape index (κ3) is 3.09. The lowest BCUT2D eigenvalue weighted by Gasteiger charge is -2.14. The molecule has 0 aliphatic carbocycles. The first kappa shape index (κ1) is 17.0. The Labute approximate surface area is 145 Å². The molecule has 0 bridgehead atoms. The summed E-state index contributed by atoms with van der Waals surface area (Å²) in [6.45, 7) is 2.50. The largest absolute Gasteiger partial charge is 0.497 e. The maximum absolute atomic E-state index is 14.5. The zero-order valence-corrected chi connectivity index (χ0v) is 14.5. The highest BCUT2D eigenvalue weighted by molar-refractivity contribution is 5.89. The van der Waals surface area contributed by atoms with Crippen molar-refractivity contribution in [1.29, 1.82) is 0 Å². The van der Waals surface area contributed by atoms with Gasteiger partial charge in [-0.2, -0.15) is 0 Å². The van der Waals surface area contributed by atoms with Crippen molar-refractivity contribution in [3.8, 4) is 22.6 Å². The molecule has 0 fully saturated rings. The minimum atomic E-state index is -0.546. The number of aromatic nitrogens is 1. The molecule has 0 aliphatic rings. The highest BCUT2D eigenvalue weighted by atomic mass is 19.1. The van der Waals surface area contributed by atoms with Crippen LogP contribution in [0, 0.1) is 5.82 Å². The number of fused-ring (bicyclic) bond motifs is 1. The number of benzene rings is 2. The monoisotopic (exact) mass is 341 g/mol. The molecule has 0 atom stereocenters.